The van der Waals surface area contributed by atoms with Crippen molar-refractivity contribution < 1.29 is 9.53 Å². The predicted octanol–water partition coefficient (Wildman–Crippen LogP) is 2.63. The quantitative estimate of drug-likeness (QED) is 0.586. The third kappa shape index (κ3) is 5.00. The Bertz CT molecular complexity index is 1010. The van der Waals surface area contributed by atoms with Crippen molar-refractivity contribution in [2.24, 2.45) is 0 Å². The fourth-order valence-corrected chi connectivity index (χ4v) is 4.24. The highest BCUT2D eigenvalue weighted by atomic mass is 32.1. The van der Waals surface area contributed by atoms with E-state index in [0.717, 1.165) is 47.5 Å². The van der Waals surface area contributed by atoms with Crippen molar-refractivity contribution in [1.29, 1.82) is 0 Å². The molecule has 1 saturated heterocycles. The fourth-order valence-electron chi connectivity index (χ4n) is 3.42. The predicted molar refractivity (Wildman–Crippen MR) is 122 cm³/mol. The van der Waals surface area contributed by atoms with Crippen LogP contribution in [0.4, 0.5) is 5.82 Å². The first kappa shape index (κ1) is 21.2. The molecule has 3 heterocycles. The van der Waals surface area contributed by atoms with Crippen LogP contribution < -0.4 is 9.64 Å². The van der Waals surface area contributed by atoms with Crippen molar-refractivity contribution in [2.45, 2.75) is 6.54 Å². The number of anilines is 1. The summed E-state index contributed by atoms with van der Waals surface area (Å²) in [5.74, 6) is 1.51. The van der Waals surface area contributed by atoms with Gasteiger partial charge in [0.25, 0.3) is 5.91 Å². The van der Waals surface area contributed by atoms with Gasteiger partial charge in [-0.05, 0) is 36.4 Å². The number of nitrogens with zero attached hydrogens (tertiary/aromatic N) is 6. The average Bonchev–Trinajstić information content (AvgIpc) is 3.27. The second kappa shape index (κ2) is 9.40. The lowest BCUT2D eigenvalue weighted by atomic mass is 10.2. The van der Waals surface area contributed by atoms with E-state index >= 15 is 0 Å². The molecule has 1 fully saturated rings. The number of carbonyl (C=O) groups is 1. The number of hydrogen-bond acceptors (Lipinski definition) is 8. The zero-order valence-corrected chi connectivity index (χ0v) is 18.8. The van der Waals surface area contributed by atoms with Gasteiger partial charge in [-0.1, -0.05) is 0 Å². The van der Waals surface area contributed by atoms with Crippen LogP contribution in [0.25, 0.3) is 10.6 Å². The molecular weight excluding hydrogens is 412 g/mol. The number of piperazine rings is 1. The molecule has 0 bridgehead atoms. The molecule has 9 heteroatoms. The summed E-state index contributed by atoms with van der Waals surface area (Å²) in [6.07, 6.45) is 0. The number of hydrogen-bond donors (Lipinski definition) is 0. The number of rotatable bonds is 6. The first-order chi connectivity index (χ1) is 15.0. The molecule has 3 aromatic rings. The molecule has 0 N–H and O–H groups in total. The molecule has 1 aliphatic rings. The Morgan fingerprint density at radius 2 is 1.81 bits per heavy atom. The van der Waals surface area contributed by atoms with E-state index in [9.17, 15) is 4.79 Å². The van der Waals surface area contributed by atoms with Crippen molar-refractivity contribution in [3.8, 4) is 16.3 Å². The molecule has 0 spiro atoms. The van der Waals surface area contributed by atoms with E-state index in [2.05, 4.69) is 20.5 Å². The van der Waals surface area contributed by atoms with E-state index in [1.54, 1.807) is 24.5 Å². The summed E-state index contributed by atoms with van der Waals surface area (Å²) in [6.45, 7) is 3.75. The van der Waals surface area contributed by atoms with Gasteiger partial charge < -0.3 is 14.5 Å². The lowest BCUT2D eigenvalue weighted by Gasteiger charge is -2.34. The third-order valence-electron chi connectivity index (χ3n) is 5.26. The van der Waals surface area contributed by atoms with Crippen LogP contribution in [-0.2, 0) is 6.54 Å². The molecule has 8 nitrogen and oxygen atoms in total. The Labute approximate surface area is 186 Å². The third-order valence-corrected chi connectivity index (χ3v) is 6.20. The summed E-state index contributed by atoms with van der Waals surface area (Å²) in [6, 6.07) is 11.5. The molecule has 162 valence electrons. The minimum absolute atomic E-state index is 0.0621. The van der Waals surface area contributed by atoms with Gasteiger partial charge in [0.2, 0.25) is 0 Å². The van der Waals surface area contributed by atoms with E-state index in [1.165, 1.54) is 0 Å². The number of aromatic nitrogens is 3. The van der Waals surface area contributed by atoms with Gasteiger partial charge in [-0.15, -0.1) is 21.5 Å². The lowest BCUT2D eigenvalue weighted by molar-refractivity contribution is 0.0620. The highest BCUT2D eigenvalue weighted by Crippen LogP contribution is 2.26. The molecule has 1 aliphatic heterocycles. The fraction of sp³-hybridized carbons (Fsp3) is 0.364. The number of benzene rings is 1. The van der Waals surface area contributed by atoms with Gasteiger partial charge in [-0.25, -0.2) is 4.98 Å². The average molecular weight is 439 g/mol. The molecule has 31 heavy (non-hydrogen) atoms. The SMILES string of the molecule is COc1ccc(-c2nc(CN3CCN(C(=O)c4ccc(N(C)C)nn4)CC3)cs2)cc1. The lowest BCUT2D eigenvalue weighted by Crippen LogP contribution is -2.48. The summed E-state index contributed by atoms with van der Waals surface area (Å²) in [4.78, 5) is 23.5. The Morgan fingerprint density at radius 1 is 1.06 bits per heavy atom. The largest absolute Gasteiger partial charge is 0.497 e. The van der Waals surface area contributed by atoms with Crippen LogP contribution in [0.1, 0.15) is 16.2 Å². The van der Waals surface area contributed by atoms with Gasteiger partial charge in [0.15, 0.2) is 11.5 Å². The summed E-state index contributed by atoms with van der Waals surface area (Å²) in [7, 11) is 5.46. The topological polar surface area (TPSA) is 74.7 Å². The van der Waals surface area contributed by atoms with Crippen molar-refractivity contribution in [2.75, 3.05) is 52.3 Å². The maximum atomic E-state index is 12.7. The van der Waals surface area contributed by atoms with E-state index in [1.807, 2.05) is 54.2 Å². The highest BCUT2D eigenvalue weighted by molar-refractivity contribution is 7.13. The van der Waals surface area contributed by atoms with E-state index < -0.39 is 0 Å². The van der Waals surface area contributed by atoms with Crippen molar-refractivity contribution in [3.63, 3.8) is 0 Å². The Balaban J connectivity index is 1.31. The molecule has 0 aliphatic carbocycles. The molecule has 4 rings (SSSR count). The van der Waals surface area contributed by atoms with Gasteiger partial charge in [0.05, 0.1) is 12.8 Å². The number of thiazole rings is 1. The van der Waals surface area contributed by atoms with E-state index in [-0.39, 0.29) is 5.91 Å². The Morgan fingerprint density at radius 3 is 2.42 bits per heavy atom. The number of methoxy groups -OCH3 is 1. The standard InChI is InChI=1S/C22H26N6O2S/c1-26(2)20-9-8-19(24-25-20)22(29)28-12-10-27(11-13-28)14-17-15-31-21(23-17)16-4-6-18(30-3)7-5-16/h4-9,15H,10-14H2,1-3H3. The first-order valence-electron chi connectivity index (χ1n) is 10.1. The molecular formula is C22H26N6O2S. The maximum Gasteiger partial charge on any atom is 0.274 e. The first-order valence-corrected chi connectivity index (χ1v) is 11.0. The second-order valence-electron chi connectivity index (χ2n) is 7.61. The summed E-state index contributed by atoms with van der Waals surface area (Å²) in [5.41, 5.74) is 2.54. The minimum atomic E-state index is -0.0621. The van der Waals surface area contributed by atoms with Crippen LogP contribution in [-0.4, -0.2) is 78.3 Å². The number of carbonyl (C=O) groups excluding carboxylic acids is 1. The molecule has 1 aromatic carbocycles. The monoisotopic (exact) mass is 438 g/mol. The molecule has 0 unspecified atom stereocenters. The molecule has 1 amide bonds. The van der Waals surface area contributed by atoms with Crippen molar-refractivity contribution in [1.82, 2.24) is 25.0 Å². The molecule has 0 saturated carbocycles. The maximum absolute atomic E-state index is 12.7. The van der Waals surface area contributed by atoms with Crippen LogP contribution in [0.3, 0.4) is 0 Å². The van der Waals surface area contributed by atoms with Gasteiger partial charge in [-0.2, -0.15) is 0 Å². The molecule has 0 atom stereocenters. The van der Waals surface area contributed by atoms with E-state index in [4.69, 9.17) is 9.72 Å². The Hall–Kier alpha value is -3.04. The van der Waals surface area contributed by atoms with Crippen LogP contribution >= 0.6 is 11.3 Å². The number of amides is 1. The Kier molecular flexibility index (Phi) is 6.43. The van der Waals surface area contributed by atoms with Crippen molar-refractivity contribution in [3.05, 3.63) is 53.2 Å². The van der Waals surface area contributed by atoms with Crippen LogP contribution in [0.2, 0.25) is 0 Å². The van der Waals surface area contributed by atoms with Crippen LogP contribution in [0.15, 0.2) is 41.8 Å². The van der Waals surface area contributed by atoms with Crippen LogP contribution in [0.5, 0.6) is 5.75 Å². The number of ether oxygens (including phenoxy) is 1. The normalized spacial score (nSPS) is 14.5. The summed E-state index contributed by atoms with van der Waals surface area (Å²) in [5, 5.41) is 11.3. The molecule has 0 radical (unpaired) electrons. The smallest absolute Gasteiger partial charge is 0.274 e. The second-order valence-corrected chi connectivity index (χ2v) is 8.47. The zero-order valence-electron chi connectivity index (χ0n) is 18.0. The van der Waals surface area contributed by atoms with Gasteiger partial charge in [0.1, 0.15) is 10.8 Å². The van der Waals surface area contributed by atoms with Crippen molar-refractivity contribution >= 4 is 23.1 Å². The van der Waals surface area contributed by atoms with Crippen LogP contribution in [0, 0.1) is 0 Å². The van der Waals surface area contributed by atoms with E-state index in [0.29, 0.717) is 18.8 Å². The molecule has 2 aromatic heterocycles. The van der Waals surface area contributed by atoms with Gasteiger partial charge in [-0.3, -0.25) is 9.69 Å². The summed E-state index contributed by atoms with van der Waals surface area (Å²) >= 11 is 1.65. The zero-order chi connectivity index (χ0) is 21.8. The van der Waals surface area contributed by atoms with Gasteiger partial charge in [0, 0.05) is 57.8 Å². The summed E-state index contributed by atoms with van der Waals surface area (Å²) < 4.78 is 5.22. The van der Waals surface area contributed by atoms with Gasteiger partial charge >= 0.3 is 0 Å². The minimum Gasteiger partial charge on any atom is -0.497 e. The highest BCUT2D eigenvalue weighted by Gasteiger charge is 2.24.